The number of hydrogen-bond acceptors (Lipinski definition) is 3. The Balaban J connectivity index is 1.58. The average molecular weight is 531 g/mol. The summed E-state index contributed by atoms with van der Waals surface area (Å²) in [5.74, 6) is -0.232. The summed E-state index contributed by atoms with van der Waals surface area (Å²) in [6, 6.07) is 22.9. The zero-order valence-corrected chi connectivity index (χ0v) is 23.2. The zero-order chi connectivity index (χ0) is 27.8. The van der Waals surface area contributed by atoms with Crippen molar-refractivity contribution >= 4 is 11.8 Å². The van der Waals surface area contributed by atoms with E-state index in [1.165, 1.54) is 17.7 Å². The number of carbonyl (C=O) groups is 2. The quantitative estimate of drug-likeness (QED) is 0.340. The van der Waals surface area contributed by atoms with E-state index in [4.69, 9.17) is 4.74 Å². The highest BCUT2D eigenvalue weighted by atomic mass is 19.1. The minimum atomic E-state index is -0.739. The Hall–Kier alpha value is -3.67. The van der Waals surface area contributed by atoms with Crippen LogP contribution in [0.25, 0.3) is 0 Å². The summed E-state index contributed by atoms with van der Waals surface area (Å²) in [5.41, 5.74) is 2.88. The summed E-state index contributed by atoms with van der Waals surface area (Å²) in [5, 5.41) is 3.19. The molecule has 0 aliphatic heterocycles. The van der Waals surface area contributed by atoms with Gasteiger partial charge in [-0.3, -0.25) is 9.59 Å². The molecular weight excluding hydrogens is 491 g/mol. The Bertz CT molecular complexity index is 1210. The number of ether oxygens (including phenoxy) is 1. The number of hydrogen-bond donors (Lipinski definition) is 1. The lowest BCUT2D eigenvalue weighted by Crippen LogP contribution is -2.53. The fraction of sp³-hybridized carbons (Fsp3) is 0.394. The molecule has 1 aliphatic rings. The van der Waals surface area contributed by atoms with Crippen LogP contribution < -0.4 is 10.1 Å². The van der Waals surface area contributed by atoms with E-state index in [0.29, 0.717) is 12.2 Å². The molecule has 0 unspecified atom stereocenters. The van der Waals surface area contributed by atoms with Crippen LogP contribution in [0.1, 0.15) is 63.1 Å². The van der Waals surface area contributed by atoms with Crippen molar-refractivity contribution in [1.29, 1.82) is 0 Å². The van der Waals surface area contributed by atoms with E-state index in [1.54, 1.807) is 17.0 Å². The maximum Gasteiger partial charge on any atom is 0.261 e. The van der Waals surface area contributed by atoms with Gasteiger partial charge in [0.05, 0.1) is 0 Å². The second kappa shape index (κ2) is 12.9. The number of nitrogens with zero attached hydrogens (tertiary/aromatic N) is 1. The molecule has 1 saturated carbocycles. The summed E-state index contributed by atoms with van der Waals surface area (Å²) in [6.45, 7) is 6.38. The van der Waals surface area contributed by atoms with Gasteiger partial charge in [-0.05, 0) is 59.2 Å². The largest absolute Gasteiger partial charge is 0.484 e. The molecule has 39 heavy (non-hydrogen) atoms. The highest BCUT2D eigenvalue weighted by molar-refractivity contribution is 5.88. The number of benzene rings is 3. The van der Waals surface area contributed by atoms with E-state index < -0.39 is 6.04 Å². The molecule has 1 aliphatic carbocycles. The number of nitrogens with one attached hydrogen (secondary N) is 1. The van der Waals surface area contributed by atoms with Crippen LogP contribution in [0.5, 0.6) is 5.75 Å². The minimum absolute atomic E-state index is 0.0116. The Labute approximate surface area is 231 Å². The van der Waals surface area contributed by atoms with Gasteiger partial charge >= 0.3 is 0 Å². The topological polar surface area (TPSA) is 58.6 Å². The van der Waals surface area contributed by atoms with E-state index >= 15 is 0 Å². The third kappa shape index (κ3) is 8.16. The maximum absolute atomic E-state index is 13.7. The number of rotatable bonds is 10. The van der Waals surface area contributed by atoms with Crippen molar-refractivity contribution < 1.29 is 18.7 Å². The SMILES string of the molecule is CC(C)(C)c1ccc(OCC(=O)N(Cc2ccc(F)cc2)[C@@H](Cc2ccccc2)C(=O)NC2CCCC2)cc1. The molecule has 0 saturated heterocycles. The molecule has 5 nitrogen and oxygen atoms in total. The first-order valence-corrected chi connectivity index (χ1v) is 13.8. The van der Waals surface area contributed by atoms with Crippen LogP contribution in [-0.4, -0.2) is 35.4 Å². The summed E-state index contributed by atoms with van der Waals surface area (Å²) in [4.78, 5) is 29.0. The van der Waals surface area contributed by atoms with Crippen LogP contribution in [0.4, 0.5) is 4.39 Å². The summed E-state index contributed by atoms with van der Waals surface area (Å²) in [7, 11) is 0. The Morgan fingerprint density at radius 1 is 0.923 bits per heavy atom. The number of amides is 2. The van der Waals surface area contributed by atoms with Gasteiger partial charge in [0.1, 0.15) is 17.6 Å². The molecular formula is C33H39FN2O3. The van der Waals surface area contributed by atoms with Gasteiger partial charge in [-0.15, -0.1) is 0 Å². The van der Waals surface area contributed by atoms with Crippen molar-refractivity contribution in [3.05, 3.63) is 101 Å². The van der Waals surface area contributed by atoms with Gasteiger partial charge in [0.2, 0.25) is 5.91 Å². The van der Waals surface area contributed by atoms with Crippen molar-refractivity contribution in [2.75, 3.05) is 6.61 Å². The molecule has 1 N–H and O–H groups in total. The molecule has 0 bridgehead atoms. The summed E-state index contributed by atoms with van der Waals surface area (Å²) >= 11 is 0. The van der Waals surface area contributed by atoms with E-state index in [1.807, 2.05) is 54.6 Å². The van der Waals surface area contributed by atoms with Gasteiger partial charge in [-0.25, -0.2) is 4.39 Å². The normalized spacial score (nSPS) is 14.6. The molecule has 0 radical (unpaired) electrons. The van der Waals surface area contributed by atoms with E-state index in [2.05, 4.69) is 26.1 Å². The van der Waals surface area contributed by atoms with Gasteiger partial charge < -0.3 is 15.0 Å². The smallest absolute Gasteiger partial charge is 0.261 e. The number of carbonyl (C=O) groups excluding carboxylic acids is 2. The monoisotopic (exact) mass is 530 g/mol. The molecule has 3 aromatic rings. The molecule has 1 fully saturated rings. The highest BCUT2D eigenvalue weighted by Gasteiger charge is 2.32. The maximum atomic E-state index is 13.7. The highest BCUT2D eigenvalue weighted by Crippen LogP contribution is 2.25. The van der Waals surface area contributed by atoms with Crippen molar-refractivity contribution in [3.8, 4) is 5.75 Å². The fourth-order valence-electron chi connectivity index (χ4n) is 4.99. The standard InChI is InChI=1S/C33H39FN2O3/c1-33(2,3)26-15-19-29(20-16-26)39-23-31(37)36(22-25-13-17-27(34)18-14-25)30(21-24-9-5-4-6-10-24)32(38)35-28-11-7-8-12-28/h4-6,9-10,13-20,28,30H,7-8,11-12,21-23H2,1-3H3,(H,35,38)/t30-/m0/s1. The van der Waals surface area contributed by atoms with Crippen LogP contribution in [-0.2, 0) is 28.0 Å². The van der Waals surface area contributed by atoms with Crippen molar-refractivity contribution in [2.24, 2.45) is 0 Å². The van der Waals surface area contributed by atoms with Crippen molar-refractivity contribution in [2.45, 2.75) is 76.9 Å². The first-order valence-electron chi connectivity index (χ1n) is 13.8. The molecule has 3 aromatic carbocycles. The lowest BCUT2D eigenvalue weighted by atomic mass is 9.87. The van der Waals surface area contributed by atoms with Gasteiger partial charge in [0.25, 0.3) is 5.91 Å². The van der Waals surface area contributed by atoms with Crippen molar-refractivity contribution in [3.63, 3.8) is 0 Å². The van der Waals surface area contributed by atoms with Gasteiger partial charge in [0, 0.05) is 19.0 Å². The molecule has 1 atom stereocenters. The average Bonchev–Trinajstić information content (AvgIpc) is 3.43. The van der Waals surface area contributed by atoms with Crippen LogP contribution in [0, 0.1) is 5.82 Å². The molecule has 4 rings (SSSR count). The second-order valence-corrected chi connectivity index (χ2v) is 11.4. The molecule has 0 heterocycles. The summed E-state index contributed by atoms with van der Waals surface area (Å²) < 4.78 is 19.5. The van der Waals surface area contributed by atoms with Gasteiger partial charge in [-0.1, -0.05) is 88.2 Å². The molecule has 206 valence electrons. The number of halogens is 1. The van der Waals surface area contributed by atoms with E-state index in [9.17, 15) is 14.0 Å². The third-order valence-electron chi connectivity index (χ3n) is 7.32. The zero-order valence-electron chi connectivity index (χ0n) is 23.2. The lowest BCUT2D eigenvalue weighted by molar-refractivity contribution is -0.143. The van der Waals surface area contributed by atoms with E-state index in [0.717, 1.165) is 36.8 Å². The van der Waals surface area contributed by atoms with Crippen molar-refractivity contribution in [1.82, 2.24) is 10.2 Å². The van der Waals surface area contributed by atoms with Gasteiger partial charge in [-0.2, -0.15) is 0 Å². The minimum Gasteiger partial charge on any atom is -0.484 e. The first kappa shape index (κ1) is 28.3. The molecule has 0 aromatic heterocycles. The fourth-order valence-corrected chi connectivity index (χ4v) is 4.99. The predicted octanol–water partition coefficient (Wildman–Crippen LogP) is 6.20. The summed E-state index contributed by atoms with van der Waals surface area (Å²) in [6.07, 6.45) is 4.45. The third-order valence-corrected chi connectivity index (χ3v) is 7.32. The molecule has 2 amide bonds. The first-order chi connectivity index (χ1) is 18.7. The Kier molecular flexibility index (Phi) is 9.39. The Morgan fingerprint density at radius 3 is 2.18 bits per heavy atom. The van der Waals surface area contributed by atoms with Crippen LogP contribution in [0.15, 0.2) is 78.9 Å². The second-order valence-electron chi connectivity index (χ2n) is 11.4. The lowest BCUT2D eigenvalue weighted by Gasteiger charge is -2.32. The van der Waals surface area contributed by atoms with E-state index in [-0.39, 0.29) is 42.2 Å². The Morgan fingerprint density at radius 2 is 1.56 bits per heavy atom. The molecule has 0 spiro atoms. The van der Waals surface area contributed by atoms with Gasteiger partial charge in [0.15, 0.2) is 6.61 Å². The van der Waals surface area contributed by atoms with Crippen LogP contribution >= 0.6 is 0 Å². The molecule has 6 heteroatoms. The predicted molar refractivity (Wildman–Crippen MR) is 152 cm³/mol. The van der Waals surface area contributed by atoms with Crippen LogP contribution in [0.2, 0.25) is 0 Å². The van der Waals surface area contributed by atoms with Crippen LogP contribution in [0.3, 0.4) is 0 Å².